The Balaban J connectivity index is 4.00. The Morgan fingerprint density at radius 3 is 2.50 bits per heavy atom. The molecule has 0 rings (SSSR count). The van der Waals surface area contributed by atoms with Gasteiger partial charge in [0.15, 0.2) is 0 Å². The topological polar surface area (TPSA) is 0 Å². The van der Waals surface area contributed by atoms with Crippen LogP contribution in [0, 0.1) is 0 Å². The molecule has 0 heteroatoms. The van der Waals surface area contributed by atoms with Gasteiger partial charge in [-0.3, -0.25) is 0 Å². The zero-order chi connectivity index (χ0) is 7.98. The van der Waals surface area contributed by atoms with Crippen molar-refractivity contribution in [3.8, 4) is 0 Å². The molecule has 0 bridgehead atoms. The van der Waals surface area contributed by atoms with Gasteiger partial charge in [-0.05, 0) is 18.9 Å². The van der Waals surface area contributed by atoms with Gasteiger partial charge in [0.2, 0.25) is 0 Å². The molecule has 0 nitrogen and oxygen atoms in total. The predicted molar refractivity (Wildman–Crippen MR) is 46.9 cm³/mol. The summed E-state index contributed by atoms with van der Waals surface area (Å²) in [6.07, 6.45) is 4.97. The fourth-order valence-corrected chi connectivity index (χ4v) is 0.420. The molecule has 10 heavy (non-hydrogen) atoms. The highest BCUT2D eigenvalue weighted by molar-refractivity contribution is 5.23. The van der Waals surface area contributed by atoms with Crippen LogP contribution >= 0.6 is 0 Å². The highest BCUT2D eigenvalue weighted by atomic mass is 13.9. The first-order chi connectivity index (χ1) is 4.70. The van der Waals surface area contributed by atoms with E-state index in [1.54, 1.807) is 0 Å². The molecule has 0 saturated carbocycles. The quantitative estimate of drug-likeness (QED) is 0.410. The Hall–Kier alpha value is -1.00. The average Bonchev–Trinajstić information content (AvgIpc) is 1.99. The lowest BCUT2D eigenvalue weighted by atomic mass is 10.2. The van der Waals surface area contributed by atoms with E-state index in [1.807, 2.05) is 19.1 Å². The van der Waals surface area contributed by atoms with Crippen molar-refractivity contribution in [2.45, 2.75) is 20.3 Å². The molecule has 0 amide bonds. The van der Waals surface area contributed by atoms with Crippen LogP contribution in [-0.4, -0.2) is 0 Å². The molecule has 0 aromatic rings. The minimum atomic E-state index is 1.00. The van der Waals surface area contributed by atoms with Gasteiger partial charge in [-0.15, -0.1) is 5.73 Å². The lowest BCUT2D eigenvalue weighted by Gasteiger charge is -1.89. The molecule has 0 aromatic carbocycles. The van der Waals surface area contributed by atoms with Crippen molar-refractivity contribution in [2.75, 3.05) is 0 Å². The molecular weight excluding hydrogens is 120 g/mol. The first-order valence-corrected chi connectivity index (χ1v) is 3.43. The predicted octanol–water partition coefficient (Wildman–Crippen LogP) is 3.24. The summed E-state index contributed by atoms with van der Waals surface area (Å²) in [6.45, 7) is 11.4. The summed E-state index contributed by atoms with van der Waals surface area (Å²) in [7, 11) is 0. The summed E-state index contributed by atoms with van der Waals surface area (Å²) < 4.78 is 0. The third-order valence-electron chi connectivity index (χ3n) is 1.30. The van der Waals surface area contributed by atoms with Crippen molar-refractivity contribution >= 4 is 0 Å². The molecule has 0 unspecified atom stereocenters. The Kier molecular flexibility index (Phi) is 4.36. The number of hydrogen-bond donors (Lipinski definition) is 0. The molecule has 0 aliphatic heterocycles. The third kappa shape index (κ3) is 3.94. The monoisotopic (exact) mass is 134 g/mol. The highest BCUT2D eigenvalue weighted by Crippen LogP contribution is 2.00. The van der Waals surface area contributed by atoms with Gasteiger partial charge in [0.05, 0.1) is 0 Å². The normalized spacial score (nSPS) is 9.40. The smallest absolute Gasteiger partial charge is 0.00975 e. The van der Waals surface area contributed by atoms with Gasteiger partial charge in [-0.1, -0.05) is 37.8 Å². The maximum Gasteiger partial charge on any atom is -0.00975 e. The van der Waals surface area contributed by atoms with E-state index in [4.69, 9.17) is 0 Å². The summed E-state index contributed by atoms with van der Waals surface area (Å²) in [6, 6.07) is 0. The van der Waals surface area contributed by atoms with Gasteiger partial charge >= 0.3 is 0 Å². The fraction of sp³-hybridized carbons (Fsp3) is 0.300. The van der Waals surface area contributed by atoms with Gasteiger partial charge in [-0.25, -0.2) is 0 Å². The second kappa shape index (κ2) is 4.84. The summed E-state index contributed by atoms with van der Waals surface area (Å²) in [5.74, 6) is 0. The van der Waals surface area contributed by atoms with Crippen LogP contribution in [0.5, 0.6) is 0 Å². The Labute approximate surface area is 63.3 Å². The van der Waals surface area contributed by atoms with Gasteiger partial charge < -0.3 is 0 Å². The SMILES string of the molecule is C=C=C(C)/C=C\C(=C)CC. The van der Waals surface area contributed by atoms with E-state index >= 15 is 0 Å². The van der Waals surface area contributed by atoms with Crippen LogP contribution < -0.4 is 0 Å². The van der Waals surface area contributed by atoms with Gasteiger partial charge in [0.1, 0.15) is 0 Å². The standard InChI is InChI=1S/C10H14/c1-5-9(3)7-8-10(4)6-2/h7-8H,1,4,6H2,2-3H3/b8-7-. The second-order valence-electron chi connectivity index (χ2n) is 2.20. The molecule has 0 N–H and O–H groups in total. The van der Waals surface area contributed by atoms with Crippen molar-refractivity contribution in [3.05, 3.63) is 42.2 Å². The van der Waals surface area contributed by atoms with Crippen LogP contribution in [0.3, 0.4) is 0 Å². The fourth-order valence-electron chi connectivity index (χ4n) is 0.420. The number of rotatable bonds is 3. The third-order valence-corrected chi connectivity index (χ3v) is 1.30. The summed E-state index contributed by atoms with van der Waals surface area (Å²) in [5, 5.41) is 0. The van der Waals surface area contributed by atoms with Gasteiger partial charge in [0, 0.05) is 0 Å². The maximum atomic E-state index is 3.83. The number of allylic oxidation sites excluding steroid dienone is 4. The highest BCUT2D eigenvalue weighted by Gasteiger charge is 1.80. The molecule has 0 saturated heterocycles. The molecular formula is C10H14. The van der Waals surface area contributed by atoms with Crippen LogP contribution in [0.1, 0.15) is 20.3 Å². The van der Waals surface area contributed by atoms with E-state index in [0.717, 1.165) is 17.6 Å². The van der Waals surface area contributed by atoms with Crippen LogP contribution in [-0.2, 0) is 0 Å². The molecule has 0 radical (unpaired) electrons. The lowest BCUT2D eigenvalue weighted by molar-refractivity contribution is 1.16. The largest absolute Gasteiger partial charge is 0.125 e. The molecule has 0 spiro atoms. The van der Waals surface area contributed by atoms with Gasteiger partial charge in [0.25, 0.3) is 0 Å². The first-order valence-electron chi connectivity index (χ1n) is 3.43. The van der Waals surface area contributed by atoms with Crippen molar-refractivity contribution in [3.63, 3.8) is 0 Å². The second-order valence-corrected chi connectivity index (χ2v) is 2.20. The maximum absolute atomic E-state index is 3.83. The van der Waals surface area contributed by atoms with Crippen molar-refractivity contribution < 1.29 is 0 Å². The van der Waals surface area contributed by atoms with Crippen LogP contribution in [0.15, 0.2) is 42.2 Å². The summed E-state index contributed by atoms with van der Waals surface area (Å²) in [5.41, 5.74) is 4.97. The molecule has 54 valence electrons. The molecule has 0 atom stereocenters. The summed E-state index contributed by atoms with van der Waals surface area (Å²) in [4.78, 5) is 0. The number of hydrogen-bond acceptors (Lipinski definition) is 0. The first kappa shape index (κ1) is 9.00. The lowest BCUT2D eigenvalue weighted by Crippen LogP contribution is -1.69. The van der Waals surface area contributed by atoms with Crippen molar-refractivity contribution in [1.29, 1.82) is 0 Å². The van der Waals surface area contributed by atoms with E-state index < -0.39 is 0 Å². The molecule has 0 fully saturated rings. The van der Waals surface area contributed by atoms with Crippen molar-refractivity contribution in [1.82, 2.24) is 0 Å². The zero-order valence-electron chi connectivity index (χ0n) is 6.78. The minimum absolute atomic E-state index is 1.00. The van der Waals surface area contributed by atoms with Gasteiger partial charge in [-0.2, -0.15) is 0 Å². The van der Waals surface area contributed by atoms with Crippen molar-refractivity contribution in [2.24, 2.45) is 0 Å². The molecule has 0 aliphatic carbocycles. The molecule has 0 aliphatic rings. The Morgan fingerprint density at radius 1 is 1.50 bits per heavy atom. The van der Waals surface area contributed by atoms with Crippen LogP contribution in [0.2, 0.25) is 0 Å². The van der Waals surface area contributed by atoms with E-state index in [2.05, 4.69) is 25.8 Å². The van der Waals surface area contributed by atoms with E-state index in [-0.39, 0.29) is 0 Å². The zero-order valence-corrected chi connectivity index (χ0v) is 6.78. The van der Waals surface area contributed by atoms with Crippen LogP contribution in [0.4, 0.5) is 0 Å². The molecule has 0 heterocycles. The minimum Gasteiger partial charge on any atom is -0.125 e. The Morgan fingerprint density at radius 2 is 2.10 bits per heavy atom. The van der Waals surface area contributed by atoms with E-state index in [0.29, 0.717) is 0 Å². The average molecular weight is 134 g/mol. The summed E-state index contributed by atoms with van der Waals surface area (Å²) >= 11 is 0. The van der Waals surface area contributed by atoms with Crippen LogP contribution in [0.25, 0.3) is 0 Å². The Bertz CT molecular complexity index is 188. The van der Waals surface area contributed by atoms with E-state index in [1.165, 1.54) is 0 Å². The molecule has 0 aromatic heterocycles. The van der Waals surface area contributed by atoms with E-state index in [9.17, 15) is 0 Å².